The van der Waals surface area contributed by atoms with Gasteiger partial charge in [0.1, 0.15) is 22.7 Å². The third-order valence-electron chi connectivity index (χ3n) is 0.855. The molecule has 14 heavy (non-hydrogen) atoms. The highest BCUT2D eigenvalue weighted by atomic mass is 32.2. The van der Waals surface area contributed by atoms with Gasteiger partial charge < -0.3 is 17.5 Å². The number of carbonyl (C=O) groups is 2. The van der Waals surface area contributed by atoms with Gasteiger partial charge in [-0.3, -0.25) is 9.59 Å². The van der Waals surface area contributed by atoms with Gasteiger partial charge in [-0.15, -0.1) is 0 Å². The lowest BCUT2D eigenvalue weighted by Gasteiger charge is -2.06. The van der Waals surface area contributed by atoms with E-state index in [2.05, 4.69) is 8.37 Å². The van der Waals surface area contributed by atoms with E-state index >= 15 is 0 Å². The third kappa shape index (κ3) is 7.79. The number of rotatable bonds is 5. The summed E-state index contributed by atoms with van der Waals surface area (Å²) in [6.07, 6.45) is -1.16. The first-order chi connectivity index (χ1) is 6.41. The predicted molar refractivity (Wildman–Crippen MR) is 39.3 cm³/mol. The molecule has 0 bridgehead atoms. The predicted octanol–water partition coefficient (Wildman–Crippen LogP) is -1.56. The van der Waals surface area contributed by atoms with Gasteiger partial charge in [0.25, 0.3) is 0 Å². The average molecular weight is 244 g/mol. The third-order valence-corrected chi connectivity index (χ3v) is 1.50. The van der Waals surface area contributed by atoms with Crippen molar-refractivity contribution >= 4 is 34.7 Å². The standard InChI is InChI=1S/C4H6O8S2/c5-3(11-13(7)8)1-2-4(6)12-14(9)10/h1-2H2,(H,7,8)(H,9,10)/p-2. The molecule has 82 valence electrons. The lowest BCUT2D eigenvalue weighted by Crippen LogP contribution is -2.12. The van der Waals surface area contributed by atoms with Crippen LogP contribution in [0.3, 0.4) is 0 Å². The highest BCUT2D eigenvalue weighted by Crippen LogP contribution is 1.97. The summed E-state index contributed by atoms with van der Waals surface area (Å²) in [4.78, 5) is 20.9. The van der Waals surface area contributed by atoms with Gasteiger partial charge in [0.05, 0.1) is 12.8 Å². The molecule has 2 atom stereocenters. The SMILES string of the molecule is O=C(CCC(=O)OS(=O)[O-])OS(=O)[O-]. The fourth-order valence-electron chi connectivity index (χ4n) is 0.439. The average Bonchev–Trinajstić information content (AvgIpc) is 1.98. The monoisotopic (exact) mass is 244 g/mol. The molecule has 0 saturated carbocycles. The Balaban J connectivity index is 3.72. The summed E-state index contributed by atoms with van der Waals surface area (Å²) in [5.41, 5.74) is 0. The molecule has 0 radical (unpaired) electrons. The summed E-state index contributed by atoms with van der Waals surface area (Å²) in [7, 11) is 0. The van der Waals surface area contributed by atoms with Gasteiger partial charge in [-0.2, -0.15) is 0 Å². The second-order valence-corrected chi connectivity index (χ2v) is 2.97. The molecule has 0 aromatic heterocycles. The molecule has 0 aromatic carbocycles. The second kappa shape index (κ2) is 6.59. The van der Waals surface area contributed by atoms with Crippen LogP contribution in [0.5, 0.6) is 0 Å². The van der Waals surface area contributed by atoms with Crippen LogP contribution in [0.1, 0.15) is 12.8 Å². The Bertz CT molecular complexity index is 245. The Morgan fingerprint density at radius 2 is 1.21 bits per heavy atom. The van der Waals surface area contributed by atoms with E-state index in [-0.39, 0.29) is 0 Å². The summed E-state index contributed by atoms with van der Waals surface area (Å²) in [5, 5.41) is 0. The maximum absolute atomic E-state index is 10.5. The van der Waals surface area contributed by atoms with E-state index in [1.807, 2.05) is 0 Å². The molecular weight excluding hydrogens is 240 g/mol. The van der Waals surface area contributed by atoms with Gasteiger partial charge in [0.2, 0.25) is 0 Å². The van der Waals surface area contributed by atoms with Gasteiger partial charge in [-0.05, 0) is 0 Å². The fraction of sp³-hybridized carbons (Fsp3) is 0.500. The molecule has 0 spiro atoms. The highest BCUT2D eigenvalue weighted by Gasteiger charge is 2.09. The van der Waals surface area contributed by atoms with Crippen LogP contribution in [0.2, 0.25) is 0 Å². The zero-order chi connectivity index (χ0) is 11.1. The normalized spacial score (nSPS) is 14.1. The van der Waals surface area contributed by atoms with Crippen LogP contribution in [-0.4, -0.2) is 29.5 Å². The number of carbonyl (C=O) groups excluding carboxylic acids is 2. The van der Waals surface area contributed by atoms with Gasteiger partial charge in [0.15, 0.2) is 0 Å². The smallest absolute Gasteiger partial charge is 0.319 e. The van der Waals surface area contributed by atoms with E-state index in [1.54, 1.807) is 0 Å². The van der Waals surface area contributed by atoms with E-state index in [1.165, 1.54) is 0 Å². The van der Waals surface area contributed by atoms with Crippen molar-refractivity contribution < 1.29 is 35.5 Å². The van der Waals surface area contributed by atoms with Crippen molar-refractivity contribution in [3.63, 3.8) is 0 Å². The lowest BCUT2D eigenvalue weighted by molar-refractivity contribution is -0.140. The van der Waals surface area contributed by atoms with Crippen LogP contribution in [0, 0.1) is 0 Å². The first kappa shape index (κ1) is 13.2. The van der Waals surface area contributed by atoms with Gasteiger partial charge in [-0.25, -0.2) is 8.42 Å². The topological polar surface area (TPSA) is 133 Å². The summed E-state index contributed by atoms with van der Waals surface area (Å²) >= 11 is -5.99. The van der Waals surface area contributed by atoms with Crippen molar-refractivity contribution in [3.05, 3.63) is 0 Å². The molecule has 0 N–H and O–H groups in total. The summed E-state index contributed by atoms with van der Waals surface area (Å²) in [6, 6.07) is 0. The molecule has 0 aliphatic carbocycles. The number of hydrogen-bond donors (Lipinski definition) is 0. The Morgan fingerprint density at radius 1 is 0.929 bits per heavy atom. The Morgan fingerprint density at radius 3 is 1.43 bits per heavy atom. The van der Waals surface area contributed by atoms with Crippen LogP contribution in [0.15, 0.2) is 0 Å². The van der Waals surface area contributed by atoms with E-state index in [0.717, 1.165) is 0 Å². The Labute approximate surface area is 83.6 Å². The van der Waals surface area contributed by atoms with E-state index < -0.39 is 47.5 Å². The largest absolute Gasteiger partial charge is 0.740 e. The van der Waals surface area contributed by atoms with E-state index in [9.17, 15) is 27.1 Å². The molecule has 0 aliphatic rings. The van der Waals surface area contributed by atoms with Crippen LogP contribution < -0.4 is 0 Å². The van der Waals surface area contributed by atoms with Crippen molar-refractivity contribution in [2.24, 2.45) is 0 Å². The molecule has 0 saturated heterocycles. The van der Waals surface area contributed by atoms with Gasteiger partial charge in [-0.1, -0.05) is 0 Å². The second-order valence-electron chi connectivity index (χ2n) is 1.82. The zero-order valence-electron chi connectivity index (χ0n) is 6.50. The van der Waals surface area contributed by atoms with Crippen LogP contribution in [-0.2, 0) is 40.7 Å². The minimum absolute atomic E-state index is 0.579. The summed E-state index contributed by atoms with van der Waals surface area (Å²) < 4.78 is 46.3. The molecule has 0 amide bonds. The molecule has 0 rings (SSSR count). The van der Waals surface area contributed by atoms with Crippen molar-refractivity contribution in [3.8, 4) is 0 Å². The molecule has 0 fully saturated rings. The molecule has 0 heterocycles. The molecule has 10 heteroatoms. The van der Waals surface area contributed by atoms with Crippen LogP contribution >= 0.6 is 0 Å². The first-order valence-corrected chi connectivity index (χ1v) is 5.02. The lowest BCUT2D eigenvalue weighted by atomic mass is 10.3. The molecule has 0 aliphatic heterocycles. The molecular formula is C4H4O8S2-2. The Hall–Kier alpha value is -0.840. The van der Waals surface area contributed by atoms with Crippen molar-refractivity contribution in [1.82, 2.24) is 0 Å². The molecule has 2 unspecified atom stereocenters. The fourth-order valence-corrected chi connectivity index (χ4v) is 0.909. The minimum atomic E-state index is -2.99. The van der Waals surface area contributed by atoms with Crippen molar-refractivity contribution in [2.45, 2.75) is 12.8 Å². The number of hydrogen-bond acceptors (Lipinski definition) is 8. The maximum Gasteiger partial charge on any atom is 0.319 e. The van der Waals surface area contributed by atoms with Crippen LogP contribution in [0.4, 0.5) is 0 Å². The minimum Gasteiger partial charge on any atom is -0.740 e. The highest BCUT2D eigenvalue weighted by molar-refractivity contribution is 7.74. The summed E-state index contributed by atoms with van der Waals surface area (Å²) in [5.74, 6) is -2.35. The first-order valence-electron chi connectivity index (χ1n) is 3.02. The zero-order valence-corrected chi connectivity index (χ0v) is 8.13. The summed E-state index contributed by atoms with van der Waals surface area (Å²) in [6.45, 7) is 0. The van der Waals surface area contributed by atoms with Gasteiger partial charge in [0, 0.05) is 0 Å². The Kier molecular flexibility index (Phi) is 6.19. The van der Waals surface area contributed by atoms with Crippen LogP contribution in [0.25, 0.3) is 0 Å². The van der Waals surface area contributed by atoms with E-state index in [4.69, 9.17) is 0 Å². The van der Waals surface area contributed by atoms with Crippen molar-refractivity contribution in [2.75, 3.05) is 0 Å². The maximum atomic E-state index is 10.5. The molecule has 8 nitrogen and oxygen atoms in total. The van der Waals surface area contributed by atoms with E-state index in [0.29, 0.717) is 0 Å². The molecule has 0 aromatic rings. The van der Waals surface area contributed by atoms with Crippen molar-refractivity contribution in [1.29, 1.82) is 0 Å². The quantitative estimate of drug-likeness (QED) is 0.530. The van der Waals surface area contributed by atoms with Gasteiger partial charge >= 0.3 is 11.9 Å².